The van der Waals surface area contributed by atoms with Crippen molar-refractivity contribution in [1.29, 1.82) is 0 Å². The summed E-state index contributed by atoms with van der Waals surface area (Å²) in [6.45, 7) is 8.25. The van der Waals surface area contributed by atoms with Crippen molar-refractivity contribution in [3.8, 4) is 17.2 Å². The van der Waals surface area contributed by atoms with Crippen LogP contribution in [0.2, 0.25) is 0 Å². The summed E-state index contributed by atoms with van der Waals surface area (Å²) in [5, 5.41) is 23.5. The number of phenolic OH excluding ortho intramolecular Hbond substituents is 1. The number of methoxy groups -OCH3 is 1. The van der Waals surface area contributed by atoms with Gasteiger partial charge in [0.1, 0.15) is 28.2 Å². The lowest BCUT2D eigenvalue weighted by Gasteiger charge is -2.22. The van der Waals surface area contributed by atoms with Crippen LogP contribution in [0.1, 0.15) is 31.9 Å². The van der Waals surface area contributed by atoms with Gasteiger partial charge in [-0.1, -0.05) is 26.8 Å². The monoisotopic (exact) mass is 402 g/mol. The summed E-state index contributed by atoms with van der Waals surface area (Å²) in [4.78, 5) is 1.51. The first-order valence-corrected chi connectivity index (χ1v) is 9.87. The van der Waals surface area contributed by atoms with Gasteiger partial charge in [0, 0.05) is 16.9 Å². The molecule has 0 aliphatic rings. The van der Waals surface area contributed by atoms with E-state index in [9.17, 15) is 5.11 Å². The van der Waals surface area contributed by atoms with E-state index in [1.54, 1.807) is 7.11 Å². The zero-order valence-corrected chi connectivity index (χ0v) is 17.9. The number of aromatic hydroxyl groups is 1. The lowest BCUT2D eigenvalue weighted by atomic mass is 9.85. The van der Waals surface area contributed by atoms with Crippen LogP contribution < -0.4 is 10.1 Å². The van der Waals surface area contributed by atoms with Gasteiger partial charge in [0.25, 0.3) is 0 Å². The molecule has 6 heteroatoms. The standard InChI is InChI=1S/C24H26N4O2/c1-15-12-19(24(2,3)4)23(29)22(13-15)28-26-20-11-8-17(14-21(20)27-28)25-16-6-9-18(30-5)10-7-16/h6-14,25,29H,1-5H3. The maximum atomic E-state index is 10.9. The Hall–Kier alpha value is -3.54. The van der Waals surface area contributed by atoms with Gasteiger partial charge in [-0.05, 0) is 66.4 Å². The number of anilines is 2. The Balaban J connectivity index is 1.70. The average molecular weight is 402 g/mol. The molecular weight excluding hydrogens is 376 g/mol. The van der Waals surface area contributed by atoms with Crippen LogP contribution in [0, 0.1) is 6.92 Å². The van der Waals surface area contributed by atoms with Crippen molar-refractivity contribution in [2.75, 3.05) is 12.4 Å². The van der Waals surface area contributed by atoms with E-state index in [1.165, 1.54) is 4.80 Å². The summed E-state index contributed by atoms with van der Waals surface area (Å²) in [7, 11) is 1.65. The summed E-state index contributed by atoms with van der Waals surface area (Å²) >= 11 is 0. The molecule has 4 aromatic rings. The molecule has 0 fully saturated rings. The molecular formula is C24H26N4O2. The van der Waals surface area contributed by atoms with Crippen molar-refractivity contribution in [1.82, 2.24) is 15.0 Å². The van der Waals surface area contributed by atoms with E-state index < -0.39 is 0 Å². The van der Waals surface area contributed by atoms with Crippen molar-refractivity contribution in [3.05, 3.63) is 65.7 Å². The van der Waals surface area contributed by atoms with Crippen LogP contribution in [0.5, 0.6) is 11.5 Å². The summed E-state index contributed by atoms with van der Waals surface area (Å²) < 4.78 is 5.20. The van der Waals surface area contributed by atoms with Gasteiger partial charge in [-0.15, -0.1) is 15.0 Å². The predicted octanol–water partition coefficient (Wildman–Crippen LogP) is 5.48. The van der Waals surface area contributed by atoms with Crippen LogP contribution in [0.25, 0.3) is 16.7 Å². The molecule has 0 radical (unpaired) electrons. The normalized spacial score (nSPS) is 11.6. The molecule has 154 valence electrons. The minimum absolute atomic E-state index is 0.188. The molecule has 1 aromatic heterocycles. The first-order chi connectivity index (χ1) is 14.2. The van der Waals surface area contributed by atoms with Crippen molar-refractivity contribution in [2.45, 2.75) is 33.1 Å². The number of nitrogens with one attached hydrogen (secondary N) is 1. The number of benzene rings is 3. The van der Waals surface area contributed by atoms with Gasteiger partial charge in [-0.3, -0.25) is 0 Å². The highest BCUT2D eigenvalue weighted by atomic mass is 16.5. The van der Waals surface area contributed by atoms with Gasteiger partial charge in [0.15, 0.2) is 0 Å². The fraction of sp³-hybridized carbons (Fsp3) is 0.250. The number of ether oxygens (including phenoxy) is 1. The highest BCUT2D eigenvalue weighted by molar-refractivity contribution is 5.80. The van der Waals surface area contributed by atoms with Gasteiger partial charge in [0.2, 0.25) is 0 Å². The van der Waals surface area contributed by atoms with E-state index in [1.807, 2.05) is 61.5 Å². The Bertz CT molecular complexity index is 1200. The Morgan fingerprint density at radius 1 is 0.900 bits per heavy atom. The van der Waals surface area contributed by atoms with E-state index >= 15 is 0 Å². The molecule has 1 heterocycles. The van der Waals surface area contributed by atoms with Gasteiger partial charge in [0.05, 0.1) is 7.11 Å². The Kier molecular flexibility index (Phi) is 4.86. The molecule has 0 spiro atoms. The van der Waals surface area contributed by atoms with E-state index in [0.29, 0.717) is 5.69 Å². The van der Waals surface area contributed by atoms with Gasteiger partial charge < -0.3 is 15.2 Å². The van der Waals surface area contributed by atoms with Crippen molar-refractivity contribution in [2.24, 2.45) is 0 Å². The molecule has 0 aliphatic carbocycles. The minimum atomic E-state index is -0.188. The SMILES string of the molecule is COc1ccc(Nc2ccc3nn(-c4cc(C)cc(C(C)(C)C)c4O)nc3c2)cc1. The molecule has 0 saturated heterocycles. The van der Waals surface area contributed by atoms with Crippen molar-refractivity contribution >= 4 is 22.4 Å². The third-order valence-electron chi connectivity index (χ3n) is 5.02. The van der Waals surface area contributed by atoms with Crippen molar-refractivity contribution < 1.29 is 9.84 Å². The second-order valence-electron chi connectivity index (χ2n) is 8.48. The molecule has 6 nitrogen and oxygen atoms in total. The maximum absolute atomic E-state index is 10.9. The largest absolute Gasteiger partial charge is 0.505 e. The van der Waals surface area contributed by atoms with E-state index in [0.717, 1.165) is 39.3 Å². The lowest BCUT2D eigenvalue weighted by molar-refractivity contribution is 0.415. The molecule has 0 unspecified atom stereocenters. The maximum Gasteiger partial charge on any atom is 0.146 e. The van der Waals surface area contributed by atoms with Crippen LogP contribution in [-0.2, 0) is 5.41 Å². The lowest BCUT2D eigenvalue weighted by Crippen LogP contribution is -2.13. The molecule has 3 aromatic carbocycles. The fourth-order valence-electron chi connectivity index (χ4n) is 3.42. The van der Waals surface area contributed by atoms with Crippen LogP contribution >= 0.6 is 0 Å². The number of aryl methyl sites for hydroxylation is 1. The highest BCUT2D eigenvalue weighted by Gasteiger charge is 2.22. The van der Waals surface area contributed by atoms with E-state index in [2.05, 4.69) is 36.3 Å². The molecule has 0 saturated carbocycles. The third kappa shape index (κ3) is 3.81. The van der Waals surface area contributed by atoms with Crippen molar-refractivity contribution in [3.63, 3.8) is 0 Å². The smallest absolute Gasteiger partial charge is 0.146 e. The molecule has 4 rings (SSSR count). The first kappa shape index (κ1) is 19.8. The number of rotatable bonds is 4. The van der Waals surface area contributed by atoms with Crippen LogP contribution in [-0.4, -0.2) is 27.2 Å². The molecule has 0 amide bonds. The Labute approximate surface area is 176 Å². The molecule has 0 bridgehead atoms. The number of nitrogens with zero attached hydrogens (tertiary/aromatic N) is 3. The number of fused-ring (bicyclic) bond motifs is 1. The number of hydrogen-bond donors (Lipinski definition) is 2. The van der Waals surface area contributed by atoms with Gasteiger partial charge in [-0.2, -0.15) is 0 Å². The molecule has 2 N–H and O–H groups in total. The molecule has 0 aliphatic heterocycles. The topological polar surface area (TPSA) is 72.2 Å². The zero-order chi connectivity index (χ0) is 21.5. The minimum Gasteiger partial charge on any atom is -0.505 e. The third-order valence-corrected chi connectivity index (χ3v) is 5.02. The summed E-state index contributed by atoms with van der Waals surface area (Å²) in [5.41, 5.74) is 5.68. The van der Waals surface area contributed by atoms with Crippen LogP contribution in [0.3, 0.4) is 0 Å². The highest BCUT2D eigenvalue weighted by Crippen LogP contribution is 2.36. The number of hydrogen-bond acceptors (Lipinski definition) is 5. The summed E-state index contributed by atoms with van der Waals surface area (Å²) in [6, 6.07) is 17.5. The zero-order valence-electron chi connectivity index (χ0n) is 17.9. The average Bonchev–Trinajstić information content (AvgIpc) is 3.12. The van der Waals surface area contributed by atoms with Crippen LogP contribution in [0.4, 0.5) is 11.4 Å². The predicted molar refractivity (Wildman–Crippen MR) is 120 cm³/mol. The quantitative estimate of drug-likeness (QED) is 0.473. The summed E-state index contributed by atoms with van der Waals surface area (Å²) in [5.74, 6) is 1.02. The number of phenols is 1. The number of aromatic nitrogens is 3. The molecule has 30 heavy (non-hydrogen) atoms. The Morgan fingerprint density at radius 2 is 1.57 bits per heavy atom. The van der Waals surface area contributed by atoms with E-state index in [4.69, 9.17) is 4.74 Å². The van der Waals surface area contributed by atoms with E-state index in [-0.39, 0.29) is 11.2 Å². The summed E-state index contributed by atoms with van der Waals surface area (Å²) in [6.07, 6.45) is 0. The molecule has 0 atom stereocenters. The van der Waals surface area contributed by atoms with Gasteiger partial charge in [-0.25, -0.2) is 0 Å². The second-order valence-corrected chi connectivity index (χ2v) is 8.48. The fourth-order valence-corrected chi connectivity index (χ4v) is 3.42. The second kappa shape index (κ2) is 7.37. The first-order valence-electron chi connectivity index (χ1n) is 9.87. The van der Waals surface area contributed by atoms with Crippen LogP contribution in [0.15, 0.2) is 54.6 Å². The van der Waals surface area contributed by atoms with Gasteiger partial charge >= 0.3 is 0 Å². The Morgan fingerprint density at radius 3 is 2.23 bits per heavy atom.